The lowest BCUT2D eigenvalue weighted by Gasteiger charge is -2.29. The van der Waals surface area contributed by atoms with E-state index in [1.807, 2.05) is 17.0 Å². The second-order valence-corrected chi connectivity index (χ2v) is 8.53. The van der Waals surface area contributed by atoms with E-state index in [9.17, 15) is 4.39 Å². The molecule has 7 heteroatoms. The van der Waals surface area contributed by atoms with Gasteiger partial charge < -0.3 is 25.0 Å². The summed E-state index contributed by atoms with van der Waals surface area (Å²) in [4.78, 5) is 6.33. The summed E-state index contributed by atoms with van der Waals surface area (Å²) < 4.78 is 26.1. The number of morpholine rings is 1. The number of rotatable bonds is 8. The second kappa shape index (κ2) is 10.7. The van der Waals surface area contributed by atoms with Crippen molar-refractivity contribution >= 4 is 11.6 Å². The third-order valence-electron chi connectivity index (χ3n) is 5.89. The van der Waals surface area contributed by atoms with Gasteiger partial charge >= 0.3 is 0 Å². The van der Waals surface area contributed by atoms with E-state index in [0.29, 0.717) is 43.9 Å². The summed E-state index contributed by atoms with van der Waals surface area (Å²) in [6.07, 6.45) is 2.54. The molecule has 32 heavy (non-hydrogen) atoms. The molecular weight excluding hydrogens is 407 g/mol. The van der Waals surface area contributed by atoms with Gasteiger partial charge in [-0.3, -0.25) is 4.99 Å². The quantitative estimate of drug-likeness (QED) is 0.485. The van der Waals surface area contributed by atoms with E-state index in [2.05, 4.69) is 40.7 Å². The third kappa shape index (κ3) is 6.13. The highest BCUT2D eigenvalue weighted by molar-refractivity contribution is 5.79. The van der Waals surface area contributed by atoms with Gasteiger partial charge in [0.25, 0.3) is 0 Å². The molecule has 2 fully saturated rings. The SMILES string of the molecule is CN=C(NCc1ccc(N2CCOCC2)c(F)c1)NCc1ccc(C)cc1OCC1CC1. The molecule has 0 atom stereocenters. The maximum atomic E-state index is 14.7. The number of hydrogen-bond donors (Lipinski definition) is 2. The molecule has 1 aliphatic heterocycles. The lowest BCUT2D eigenvalue weighted by atomic mass is 10.1. The van der Waals surface area contributed by atoms with Crippen molar-refractivity contribution in [3.63, 3.8) is 0 Å². The number of aryl methyl sites for hydroxylation is 1. The number of guanidine groups is 1. The van der Waals surface area contributed by atoms with Gasteiger partial charge in [-0.25, -0.2) is 4.39 Å². The first-order chi connectivity index (χ1) is 15.6. The van der Waals surface area contributed by atoms with Gasteiger partial charge in [0.05, 0.1) is 25.5 Å². The number of benzene rings is 2. The van der Waals surface area contributed by atoms with Crippen molar-refractivity contribution in [2.75, 3.05) is 44.9 Å². The summed E-state index contributed by atoms with van der Waals surface area (Å²) in [5.74, 6) is 2.10. The zero-order chi connectivity index (χ0) is 22.3. The van der Waals surface area contributed by atoms with E-state index in [0.717, 1.165) is 36.6 Å². The average molecular weight is 441 g/mol. The Hall–Kier alpha value is -2.80. The first-order valence-electron chi connectivity index (χ1n) is 11.4. The Balaban J connectivity index is 1.31. The fraction of sp³-hybridized carbons (Fsp3) is 0.480. The molecule has 0 radical (unpaired) electrons. The molecule has 0 amide bonds. The van der Waals surface area contributed by atoms with E-state index in [1.54, 1.807) is 13.1 Å². The van der Waals surface area contributed by atoms with Crippen molar-refractivity contribution in [3.8, 4) is 5.75 Å². The van der Waals surface area contributed by atoms with Gasteiger partial charge in [0, 0.05) is 38.8 Å². The molecule has 2 aliphatic rings. The van der Waals surface area contributed by atoms with E-state index in [-0.39, 0.29) is 5.82 Å². The molecule has 4 rings (SSSR count). The molecule has 172 valence electrons. The van der Waals surface area contributed by atoms with Crippen molar-refractivity contribution < 1.29 is 13.9 Å². The fourth-order valence-electron chi connectivity index (χ4n) is 3.74. The summed E-state index contributed by atoms with van der Waals surface area (Å²) in [7, 11) is 1.73. The van der Waals surface area contributed by atoms with Crippen LogP contribution in [-0.4, -0.2) is 45.9 Å². The summed E-state index contributed by atoms with van der Waals surface area (Å²) in [6.45, 7) is 6.66. The van der Waals surface area contributed by atoms with Crippen LogP contribution in [0.5, 0.6) is 5.75 Å². The maximum absolute atomic E-state index is 14.7. The Bertz CT molecular complexity index is 940. The normalized spacial score (nSPS) is 16.7. The van der Waals surface area contributed by atoms with Gasteiger partial charge in [0.1, 0.15) is 11.6 Å². The third-order valence-corrected chi connectivity index (χ3v) is 5.89. The molecule has 6 nitrogen and oxygen atoms in total. The van der Waals surface area contributed by atoms with Crippen LogP contribution in [0.4, 0.5) is 10.1 Å². The first kappa shape index (κ1) is 22.4. The van der Waals surface area contributed by atoms with Gasteiger partial charge in [-0.05, 0) is 55.0 Å². The lowest BCUT2D eigenvalue weighted by molar-refractivity contribution is 0.122. The van der Waals surface area contributed by atoms with Gasteiger partial charge in [-0.1, -0.05) is 18.2 Å². The molecule has 0 bridgehead atoms. The van der Waals surface area contributed by atoms with Crippen molar-refractivity contribution in [1.82, 2.24) is 10.6 Å². The number of halogens is 1. The molecule has 0 spiro atoms. The first-order valence-corrected chi connectivity index (χ1v) is 11.4. The van der Waals surface area contributed by atoms with Crippen LogP contribution in [0.2, 0.25) is 0 Å². The molecule has 1 heterocycles. The number of nitrogens with one attached hydrogen (secondary N) is 2. The van der Waals surface area contributed by atoms with Gasteiger partial charge in [0.15, 0.2) is 5.96 Å². The fourth-order valence-corrected chi connectivity index (χ4v) is 3.74. The summed E-state index contributed by atoms with van der Waals surface area (Å²) in [5.41, 5.74) is 3.79. The molecule has 1 saturated carbocycles. The molecule has 0 aromatic heterocycles. The summed E-state index contributed by atoms with van der Waals surface area (Å²) in [6, 6.07) is 11.7. The largest absolute Gasteiger partial charge is 0.493 e. The predicted molar refractivity (Wildman–Crippen MR) is 126 cm³/mol. The zero-order valence-electron chi connectivity index (χ0n) is 19.0. The second-order valence-electron chi connectivity index (χ2n) is 8.53. The molecular formula is C25H33FN4O2. The Morgan fingerprint density at radius 3 is 2.62 bits per heavy atom. The maximum Gasteiger partial charge on any atom is 0.191 e. The van der Waals surface area contributed by atoms with Crippen molar-refractivity contribution in [3.05, 3.63) is 58.9 Å². The minimum Gasteiger partial charge on any atom is -0.493 e. The van der Waals surface area contributed by atoms with Crippen LogP contribution in [0, 0.1) is 18.7 Å². The van der Waals surface area contributed by atoms with E-state index >= 15 is 0 Å². The smallest absolute Gasteiger partial charge is 0.191 e. The van der Waals surface area contributed by atoms with Gasteiger partial charge in [-0.2, -0.15) is 0 Å². The topological polar surface area (TPSA) is 58.1 Å². The van der Waals surface area contributed by atoms with Gasteiger partial charge in [-0.15, -0.1) is 0 Å². The van der Waals surface area contributed by atoms with Crippen LogP contribution >= 0.6 is 0 Å². The molecule has 2 aromatic rings. The monoisotopic (exact) mass is 440 g/mol. The van der Waals surface area contributed by atoms with Crippen molar-refractivity contribution in [1.29, 1.82) is 0 Å². The summed E-state index contributed by atoms with van der Waals surface area (Å²) in [5, 5.41) is 6.61. The Labute approximate surface area is 189 Å². The van der Waals surface area contributed by atoms with Crippen LogP contribution in [0.3, 0.4) is 0 Å². The molecule has 1 saturated heterocycles. The van der Waals surface area contributed by atoms with E-state index in [1.165, 1.54) is 18.4 Å². The molecule has 1 aliphatic carbocycles. The van der Waals surface area contributed by atoms with E-state index < -0.39 is 0 Å². The Kier molecular flexibility index (Phi) is 7.47. The number of nitrogens with zero attached hydrogens (tertiary/aromatic N) is 2. The van der Waals surface area contributed by atoms with E-state index in [4.69, 9.17) is 9.47 Å². The number of anilines is 1. The number of ether oxygens (including phenoxy) is 2. The van der Waals surface area contributed by atoms with Crippen LogP contribution in [0.1, 0.15) is 29.5 Å². The highest BCUT2D eigenvalue weighted by Gasteiger charge is 2.22. The minimum atomic E-state index is -0.203. The summed E-state index contributed by atoms with van der Waals surface area (Å²) >= 11 is 0. The van der Waals surface area contributed by atoms with Gasteiger partial charge in [0.2, 0.25) is 0 Å². The number of aliphatic imine (C=N–C) groups is 1. The highest BCUT2D eigenvalue weighted by atomic mass is 19.1. The predicted octanol–water partition coefficient (Wildman–Crippen LogP) is 3.62. The van der Waals surface area contributed by atoms with Crippen LogP contribution in [-0.2, 0) is 17.8 Å². The average Bonchev–Trinajstić information content (AvgIpc) is 3.64. The minimum absolute atomic E-state index is 0.203. The van der Waals surface area contributed by atoms with Crippen LogP contribution in [0.15, 0.2) is 41.4 Å². The zero-order valence-corrected chi connectivity index (χ0v) is 19.0. The van der Waals surface area contributed by atoms with Crippen LogP contribution in [0.25, 0.3) is 0 Å². The Morgan fingerprint density at radius 2 is 1.91 bits per heavy atom. The molecule has 0 unspecified atom stereocenters. The van der Waals surface area contributed by atoms with Crippen molar-refractivity contribution in [2.24, 2.45) is 10.9 Å². The molecule has 2 N–H and O–H groups in total. The lowest BCUT2D eigenvalue weighted by Crippen LogP contribution is -2.37. The molecule has 2 aromatic carbocycles. The standard InChI is InChI=1S/C25H33FN4O2/c1-18-3-7-21(24(13-18)32-17-19-4-5-19)16-29-25(27-2)28-15-20-6-8-23(22(26)14-20)30-9-11-31-12-10-30/h3,6-8,13-14,19H,4-5,9-12,15-17H2,1-2H3,(H2,27,28,29). The van der Waals surface area contributed by atoms with Crippen molar-refractivity contribution in [2.45, 2.75) is 32.9 Å². The van der Waals surface area contributed by atoms with Crippen LogP contribution < -0.4 is 20.3 Å². The number of hydrogen-bond acceptors (Lipinski definition) is 4. The highest BCUT2D eigenvalue weighted by Crippen LogP contribution is 2.30. The Morgan fingerprint density at radius 1 is 1.12 bits per heavy atom.